The van der Waals surface area contributed by atoms with Gasteiger partial charge in [0.05, 0.1) is 18.1 Å². The summed E-state index contributed by atoms with van der Waals surface area (Å²) in [5.41, 5.74) is -1.86. The number of nitrogens with one attached hydrogen (secondary N) is 1. The minimum absolute atomic E-state index is 0.357. The van der Waals surface area contributed by atoms with Crippen molar-refractivity contribution >= 4 is 0 Å². The van der Waals surface area contributed by atoms with Crippen molar-refractivity contribution in [3.8, 4) is 11.9 Å². The van der Waals surface area contributed by atoms with E-state index in [0.29, 0.717) is 0 Å². The molecule has 4 nitrogen and oxygen atoms in total. The number of hydrogen-bond donors (Lipinski definition) is 1. The van der Waals surface area contributed by atoms with Crippen molar-refractivity contribution in [2.24, 2.45) is 0 Å². The van der Waals surface area contributed by atoms with Crippen LogP contribution in [0.15, 0.2) is 11.0 Å². The highest BCUT2D eigenvalue weighted by Gasteiger charge is 2.33. The minimum Gasteiger partial charge on any atom is -0.389 e. The van der Waals surface area contributed by atoms with Crippen LogP contribution in [0.25, 0.3) is 0 Å². The van der Waals surface area contributed by atoms with Crippen LogP contribution in [-0.4, -0.2) is 11.3 Å². The number of aromatic nitrogens is 1. The molecule has 1 aromatic heterocycles. The Morgan fingerprint density at radius 3 is 2.59 bits per heavy atom. The molecule has 17 heavy (non-hydrogen) atoms. The zero-order valence-electron chi connectivity index (χ0n) is 8.27. The van der Waals surface area contributed by atoms with Gasteiger partial charge in [-0.2, -0.15) is 5.26 Å². The largest absolute Gasteiger partial charge is 0.574 e. The minimum atomic E-state index is -5.00. The van der Waals surface area contributed by atoms with Crippen LogP contribution in [-0.2, 0) is 13.1 Å². The number of aromatic amines is 1. The fraction of sp³-hybridized carbons (Fsp3) is 0.333. The first-order valence-corrected chi connectivity index (χ1v) is 4.31. The Hall–Kier alpha value is -2.04. The second-order valence-corrected chi connectivity index (χ2v) is 2.97. The molecule has 8 heteroatoms. The average Bonchev–Trinajstić information content (AvgIpc) is 2.22. The van der Waals surface area contributed by atoms with Crippen molar-refractivity contribution in [1.29, 1.82) is 5.26 Å². The van der Waals surface area contributed by atoms with Crippen molar-refractivity contribution in [2.75, 3.05) is 0 Å². The molecule has 1 heterocycles. The van der Waals surface area contributed by atoms with Crippen molar-refractivity contribution in [3.05, 3.63) is 27.5 Å². The van der Waals surface area contributed by atoms with Crippen molar-refractivity contribution < 1.29 is 22.3 Å². The molecule has 0 bridgehead atoms. The number of pyridine rings is 1. The number of nitriles is 1. The lowest BCUT2D eigenvalue weighted by Gasteiger charge is -2.11. The highest BCUT2D eigenvalue weighted by atomic mass is 19.4. The topological polar surface area (TPSA) is 65.9 Å². The molecule has 0 aliphatic heterocycles. The zero-order chi connectivity index (χ0) is 13.1. The summed E-state index contributed by atoms with van der Waals surface area (Å²) in [6.07, 6.45) is -4.82. The third kappa shape index (κ3) is 3.21. The highest BCUT2D eigenvalue weighted by molar-refractivity contribution is 5.32. The fourth-order valence-corrected chi connectivity index (χ4v) is 1.15. The number of rotatable bonds is 3. The third-order valence-electron chi connectivity index (χ3n) is 1.83. The lowest BCUT2D eigenvalue weighted by molar-refractivity contribution is -0.276. The van der Waals surface area contributed by atoms with E-state index in [0.717, 1.165) is 6.20 Å². The van der Waals surface area contributed by atoms with E-state index in [2.05, 4.69) is 4.74 Å². The summed E-state index contributed by atoms with van der Waals surface area (Å²) < 4.78 is 51.8. The Balaban J connectivity index is 3.27. The van der Waals surface area contributed by atoms with E-state index in [4.69, 9.17) is 5.26 Å². The summed E-state index contributed by atoms with van der Waals surface area (Å²) in [5.74, 6) is -0.888. The molecule has 1 N–H and O–H groups in total. The molecule has 0 aromatic carbocycles. The van der Waals surface area contributed by atoms with E-state index >= 15 is 0 Å². The van der Waals surface area contributed by atoms with Gasteiger partial charge in [0, 0.05) is 11.8 Å². The summed E-state index contributed by atoms with van der Waals surface area (Å²) in [5, 5.41) is 8.40. The summed E-state index contributed by atoms with van der Waals surface area (Å²) in [6, 6.07) is 1.51. The van der Waals surface area contributed by atoms with Gasteiger partial charge in [0.25, 0.3) is 0 Å². The maximum atomic E-state index is 12.3. The van der Waals surface area contributed by atoms with Crippen LogP contribution in [0.5, 0.6) is 5.88 Å². The van der Waals surface area contributed by atoms with Gasteiger partial charge in [-0.3, -0.25) is 4.79 Å². The maximum Gasteiger partial charge on any atom is 0.574 e. The Morgan fingerprint density at radius 1 is 1.47 bits per heavy atom. The molecule has 0 saturated heterocycles. The van der Waals surface area contributed by atoms with Crippen molar-refractivity contribution in [2.45, 2.75) is 19.5 Å². The Morgan fingerprint density at radius 2 is 2.12 bits per heavy atom. The molecule has 0 aliphatic carbocycles. The molecule has 0 radical (unpaired) electrons. The molecule has 0 atom stereocenters. The average molecular weight is 250 g/mol. The highest BCUT2D eigenvalue weighted by Crippen LogP contribution is 2.23. The van der Waals surface area contributed by atoms with Crippen LogP contribution >= 0.6 is 0 Å². The van der Waals surface area contributed by atoms with E-state index in [9.17, 15) is 22.4 Å². The van der Waals surface area contributed by atoms with E-state index in [1.165, 1.54) is 6.07 Å². The first-order chi connectivity index (χ1) is 7.89. The quantitative estimate of drug-likeness (QED) is 0.832. The standard InChI is InChI=1S/C9H6F4N2O2/c10-3-5-4-15-8(17-9(11,12)13)6(1-2-14)7(5)16/h4H,1,3H2,(H,15,16). The number of halogens is 4. The van der Waals surface area contributed by atoms with Crippen LogP contribution in [0.1, 0.15) is 11.1 Å². The summed E-state index contributed by atoms with van der Waals surface area (Å²) in [4.78, 5) is 13.4. The number of nitrogens with zero attached hydrogens (tertiary/aromatic N) is 1. The van der Waals surface area contributed by atoms with E-state index in [-0.39, 0.29) is 5.56 Å². The molecule has 0 saturated carbocycles. The Bertz CT molecular complexity index is 501. The smallest absolute Gasteiger partial charge is 0.389 e. The van der Waals surface area contributed by atoms with Crippen LogP contribution < -0.4 is 10.2 Å². The normalized spacial score (nSPS) is 11.0. The van der Waals surface area contributed by atoms with Gasteiger partial charge in [0.2, 0.25) is 5.88 Å². The molecule has 1 rings (SSSR count). The van der Waals surface area contributed by atoms with Crippen molar-refractivity contribution in [3.63, 3.8) is 0 Å². The van der Waals surface area contributed by atoms with Gasteiger partial charge in [-0.05, 0) is 0 Å². The summed E-state index contributed by atoms with van der Waals surface area (Å²) in [6.45, 7) is -1.14. The monoisotopic (exact) mass is 250 g/mol. The van der Waals surface area contributed by atoms with Crippen LogP contribution in [0, 0.1) is 11.3 Å². The molecular weight excluding hydrogens is 244 g/mol. The Kier molecular flexibility index (Phi) is 3.73. The first-order valence-electron chi connectivity index (χ1n) is 4.31. The number of H-pyrrole nitrogens is 1. The molecule has 1 aromatic rings. The van der Waals surface area contributed by atoms with Gasteiger partial charge in [-0.1, -0.05) is 0 Å². The SMILES string of the molecule is N#CCc1c(OC(F)(F)F)[nH]cc(CF)c1=O. The van der Waals surface area contributed by atoms with Crippen LogP contribution in [0.3, 0.4) is 0 Å². The number of hydrogen-bond acceptors (Lipinski definition) is 3. The van der Waals surface area contributed by atoms with E-state index < -0.39 is 36.3 Å². The molecule has 0 unspecified atom stereocenters. The van der Waals surface area contributed by atoms with Crippen LogP contribution in [0.4, 0.5) is 17.6 Å². The van der Waals surface area contributed by atoms with Gasteiger partial charge in [0.1, 0.15) is 6.67 Å². The predicted molar refractivity (Wildman–Crippen MR) is 47.9 cm³/mol. The molecule has 0 spiro atoms. The second kappa shape index (κ2) is 4.86. The fourth-order valence-electron chi connectivity index (χ4n) is 1.15. The lowest BCUT2D eigenvalue weighted by Crippen LogP contribution is -2.23. The second-order valence-electron chi connectivity index (χ2n) is 2.97. The molecule has 92 valence electrons. The summed E-state index contributed by atoms with van der Waals surface area (Å²) in [7, 11) is 0. The Labute approximate surface area is 92.4 Å². The van der Waals surface area contributed by atoms with Gasteiger partial charge in [-0.25, -0.2) is 4.39 Å². The van der Waals surface area contributed by atoms with E-state index in [1.807, 2.05) is 4.98 Å². The van der Waals surface area contributed by atoms with Gasteiger partial charge < -0.3 is 9.72 Å². The molecule has 0 fully saturated rings. The van der Waals surface area contributed by atoms with E-state index in [1.54, 1.807) is 0 Å². The predicted octanol–water partition coefficient (Wildman–Crippen LogP) is 1.81. The van der Waals surface area contributed by atoms with Gasteiger partial charge in [-0.15, -0.1) is 13.2 Å². The number of ether oxygens (including phenoxy) is 1. The van der Waals surface area contributed by atoms with Gasteiger partial charge in [0.15, 0.2) is 5.43 Å². The summed E-state index contributed by atoms with van der Waals surface area (Å²) >= 11 is 0. The van der Waals surface area contributed by atoms with Crippen molar-refractivity contribution in [1.82, 2.24) is 4.98 Å². The van der Waals surface area contributed by atoms with Gasteiger partial charge >= 0.3 is 6.36 Å². The third-order valence-corrected chi connectivity index (χ3v) is 1.83. The number of alkyl halides is 4. The molecular formula is C9H6F4N2O2. The lowest BCUT2D eigenvalue weighted by atomic mass is 10.1. The molecule has 0 amide bonds. The molecule has 0 aliphatic rings. The maximum absolute atomic E-state index is 12.3. The zero-order valence-corrected chi connectivity index (χ0v) is 8.27. The first kappa shape index (κ1) is 13.0. The van der Waals surface area contributed by atoms with Crippen LogP contribution in [0.2, 0.25) is 0 Å².